The Kier molecular flexibility index (Phi) is 5.09. The first-order valence-electron chi connectivity index (χ1n) is 8.79. The lowest BCUT2D eigenvalue weighted by atomic mass is 10.1. The smallest absolute Gasteiger partial charge is 0.417 e. The molecule has 0 aliphatic heterocycles. The van der Waals surface area contributed by atoms with E-state index in [9.17, 15) is 23.1 Å². The van der Waals surface area contributed by atoms with Crippen molar-refractivity contribution in [3.63, 3.8) is 0 Å². The third kappa shape index (κ3) is 5.00. The molecule has 0 bridgehead atoms. The molecule has 9 heteroatoms. The summed E-state index contributed by atoms with van der Waals surface area (Å²) in [7, 11) is 0. The van der Waals surface area contributed by atoms with Gasteiger partial charge in [0, 0.05) is 8.43 Å². The summed E-state index contributed by atoms with van der Waals surface area (Å²) in [5.74, 6) is -1.19. The Morgan fingerprint density at radius 3 is 2.43 bits per heavy atom. The molecule has 0 spiro atoms. The van der Waals surface area contributed by atoms with Crippen LogP contribution in [-0.2, 0) is 11.0 Å². The topological polar surface area (TPSA) is 106 Å². The van der Waals surface area contributed by atoms with E-state index in [2.05, 4.69) is 0 Å². The molecule has 2 rings (SSSR count). The standard InChI is InChI=1S/C19H14F3N3O3/c1-18(27,11-28-15-6-2-12(9-23)3-7-15)17(26)25-14-5-4-13(10-24)16(8-14)19(20,21)22/h2-8,27H,11H2,1H3,(H,25,26)/t18-/m0/s1/i1D2. The molecule has 144 valence electrons. The Bertz CT molecular complexity index is 1010. The Labute approximate surface area is 161 Å². The van der Waals surface area contributed by atoms with Gasteiger partial charge in [0.1, 0.15) is 12.4 Å². The van der Waals surface area contributed by atoms with Crippen LogP contribution in [0.25, 0.3) is 0 Å². The number of nitrogens with one attached hydrogen (secondary N) is 1. The van der Waals surface area contributed by atoms with Crippen LogP contribution >= 0.6 is 0 Å². The van der Waals surface area contributed by atoms with Crippen LogP contribution in [-0.4, -0.2) is 23.2 Å². The maximum absolute atomic E-state index is 13.1. The second-order valence-electron chi connectivity index (χ2n) is 5.67. The molecule has 6 nitrogen and oxygen atoms in total. The number of alkyl halides is 3. The summed E-state index contributed by atoms with van der Waals surface area (Å²) in [6, 6.07) is 11.2. The predicted molar refractivity (Wildman–Crippen MR) is 92.1 cm³/mol. The summed E-state index contributed by atoms with van der Waals surface area (Å²) in [5, 5.41) is 30.1. The monoisotopic (exact) mass is 391 g/mol. The molecule has 2 N–H and O–H groups in total. The molecule has 1 amide bonds. The van der Waals surface area contributed by atoms with Crippen molar-refractivity contribution < 1.29 is 30.6 Å². The average Bonchev–Trinajstić information content (AvgIpc) is 2.71. The summed E-state index contributed by atoms with van der Waals surface area (Å²) < 4.78 is 59.4. The average molecular weight is 391 g/mol. The zero-order valence-electron chi connectivity index (χ0n) is 16.1. The third-order valence-electron chi connectivity index (χ3n) is 3.54. The van der Waals surface area contributed by atoms with Crippen LogP contribution in [0.2, 0.25) is 0 Å². The van der Waals surface area contributed by atoms with Crippen LogP contribution in [0.5, 0.6) is 5.75 Å². The van der Waals surface area contributed by atoms with Gasteiger partial charge in [0.15, 0.2) is 5.60 Å². The van der Waals surface area contributed by atoms with E-state index in [4.69, 9.17) is 18.0 Å². The number of benzene rings is 2. The Hall–Kier alpha value is -3.56. The molecule has 0 heterocycles. The van der Waals surface area contributed by atoms with Crippen molar-refractivity contribution in [3.8, 4) is 17.9 Å². The molecule has 0 aliphatic carbocycles. The largest absolute Gasteiger partial charge is 0.490 e. The molecule has 0 aliphatic rings. The quantitative estimate of drug-likeness (QED) is 0.814. The second kappa shape index (κ2) is 7.99. The number of carbonyl (C=O) groups excluding carboxylic acids is 1. The van der Waals surface area contributed by atoms with Gasteiger partial charge < -0.3 is 15.2 Å². The lowest BCUT2D eigenvalue weighted by Crippen LogP contribution is -2.45. The fourth-order valence-corrected chi connectivity index (χ4v) is 2.08. The summed E-state index contributed by atoms with van der Waals surface area (Å²) in [6.07, 6.45) is -4.85. The molecule has 0 radical (unpaired) electrons. The number of hydrogen-bond acceptors (Lipinski definition) is 5. The maximum atomic E-state index is 13.1. The van der Waals surface area contributed by atoms with Gasteiger partial charge in [-0.15, -0.1) is 0 Å². The number of carbonyl (C=O) groups is 1. The lowest BCUT2D eigenvalue weighted by molar-refractivity contribution is -0.138. The summed E-state index contributed by atoms with van der Waals surface area (Å²) >= 11 is 0. The minimum atomic E-state index is -4.85. The van der Waals surface area contributed by atoms with E-state index < -0.39 is 42.3 Å². The first-order chi connectivity index (χ1) is 14.0. The highest BCUT2D eigenvalue weighted by Gasteiger charge is 2.35. The first-order valence-corrected chi connectivity index (χ1v) is 7.64. The van der Waals surface area contributed by atoms with Crippen molar-refractivity contribution in [3.05, 3.63) is 59.2 Å². The molecule has 28 heavy (non-hydrogen) atoms. The van der Waals surface area contributed by atoms with E-state index in [1.807, 2.05) is 11.4 Å². The van der Waals surface area contributed by atoms with E-state index in [0.29, 0.717) is 11.6 Å². The van der Waals surface area contributed by atoms with Crippen molar-refractivity contribution in [2.24, 2.45) is 0 Å². The molecule has 2 aromatic carbocycles. The number of anilines is 1. The summed E-state index contributed by atoms with van der Waals surface area (Å²) in [4.78, 5) is 12.4. The van der Waals surface area contributed by atoms with E-state index in [1.54, 1.807) is 0 Å². The SMILES string of the molecule is [2H]C([2H])[C@](O)(COc1ccc(C#N)cc1)C(=O)Nc1ccc(C#N)c(C(F)(F)F)c1. The van der Waals surface area contributed by atoms with Gasteiger partial charge in [0.25, 0.3) is 5.91 Å². The fourth-order valence-electron chi connectivity index (χ4n) is 2.08. The van der Waals surface area contributed by atoms with Gasteiger partial charge >= 0.3 is 6.18 Å². The number of nitrogens with zero attached hydrogens (tertiary/aromatic N) is 2. The van der Waals surface area contributed by atoms with Gasteiger partial charge in [0.2, 0.25) is 0 Å². The van der Waals surface area contributed by atoms with Gasteiger partial charge in [-0.25, -0.2) is 0 Å². The van der Waals surface area contributed by atoms with E-state index in [1.165, 1.54) is 30.3 Å². The molecule has 0 unspecified atom stereocenters. The highest BCUT2D eigenvalue weighted by atomic mass is 19.4. The Morgan fingerprint density at radius 2 is 1.89 bits per heavy atom. The van der Waals surface area contributed by atoms with E-state index >= 15 is 0 Å². The van der Waals surface area contributed by atoms with Gasteiger partial charge in [-0.3, -0.25) is 4.79 Å². The minimum Gasteiger partial charge on any atom is -0.490 e. The molecule has 0 saturated carbocycles. The predicted octanol–water partition coefficient (Wildman–Crippen LogP) is 3.22. The maximum Gasteiger partial charge on any atom is 0.417 e. The molecular formula is C19H14F3N3O3. The first kappa shape index (κ1) is 17.8. The molecule has 1 atom stereocenters. The normalized spacial score (nSPS) is 14.1. The van der Waals surface area contributed by atoms with Crippen molar-refractivity contribution in [1.82, 2.24) is 0 Å². The Morgan fingerprint density at radius 1 is 1.21 bits per heavy atom. The summed E-state index contributed by atoms with van der Waals surface area (Å²) in [5.41, 5.74) is -4.72. The van der Waals surface area contributed by atoms with Crippen LogP contribution in [0.4, 0.5) is 18.9 Å². The number of amides is 1. The number of nitriles is 2. The molecular weight excluding hydrogens is 375 g/mol. The van der Waals surface area contributed by atoms with Crippen molar-refractivity contribution in [2.75, 3.05) is 11.9 Å². The van der Waals surface area contributed by atoms with Crippen LogP contribution in [0.1, 0.15) is 26.3 Å². The number of rotatable bonds is 5. The van der Waals surface area contributed by atoms with Gasteiger partial charge in [-0.1, -0.05) is 0 Å². The van der Waals surface area contributed by atoms with Gasteiger partial charge in [-0.2, -0.15) is 23.7 Å². The molecule has 0 aromatic heterocycles. The minimum absolute atomic E-state index is 0.138. The van der Waals surface area contributed by atoms with Crippen LogP contribution < -0.4 is 10.1 Å². The van der Waals surface area contributed by atoms with Crippen LogP contribution in [0.15, 0.2) is 42.5 Å². The van der Waals surface area contributed by atoms with Crippen LogP contribution in [0.3, 0.4) is 0 Å². The van der Waals surface area contributed by atoms with Crippen molar-refractivity contribution in [1.29, 1.82) is 10.5 Å². The van der Waals surface area contributed by atoms with E-state index in [-0.39, 0.29) is 11.4 Å². The zero-order valence-corrected chi connectivity index (χ0v) is 14.1. The third-order valence-corrected chi connectivity index (χ3v) is 3.54. The van der Waals surface area contributed by atoms with E-state index in [0.717, 1.165) is 12.1 Å². The van der Waals surface area contributed by atoms with Crippen LogP contribution in [0, 0.1) is 22.7 Å². The number of ether oxygens (including phenoxy) is 1. The van der Waals surface area contributed by atoms with Gasteiger partial charge in [-0.05, 0) is 49.3 Å². The lowest BCUT2D eigenvalue weighted by Gasteiger charge is -2.23. The van der Waals surface area contributed by atoms with Crippen molar-refractivity contribution >= 4 is 11.6 Å². The number of aliphatic hydroxyl groups is 1. The number of hydrogen-bond donors (Lipinski definition) is 2. The van der Waals surface area contributed by atoms with Crippen molar-refractivity contribution in [2.45, 2.75) is 18.7 Å². The van der Waals surface area contributed by atoms with Gasteiger partial charge in [0.05, 0.1) is 28.8 Å². The molecule has 0 fully saturated rings. The second-order valence-corrected chi connectivity index (χ2v) is 5.67. The molecule has 2 aromatic rings. The number of halogens is 3. The fraction of sp³-hybridized carbons (Fsp3) is 0.211. The Balaban J connectivity index is 2.22. The highest BCUT2D eigenvalue weighted by Crippen LogP contribution is 2.33. The highest BCUT2D eigenvalue weighted by molar-refractivity contribution is 5.97. The molecule has 0 saturated heterocycles. The summed E-state index contributed by atoms with van der Waals surface area (Å²) in [6.45, 7) is -2.98. The zero-order chi connectivity index (χ0) is 22.5.